The number of sulfone groups is 2. The summed E-state index contributed by atoms with van der Waals surface area (Å²) >= 11 is 2.00. The van der Waals surface area contributed by atoms with Gasteiger partial charge in [-0.15, -0.1) is 17.3 Å². The van der Waals surface area contributed by atoms with E-state index in [9.17, 15) is 52.4 Å². The standard InChI is InChI=1S/C44H34O16S4.C40H32O16S4/c1-27-3-17-37(24-41(27)61-59-57-46)63(48,49)38-18-20-40(43(25-38)64(50,51)52)56-39-19-16-35(23-42(39)62-60-58-47)54-26-28-4-6-29(7-5-28)44(45)30-8-12-33(13-9-30)55-36-15-11-31-21-34(53-2)14-10-32(31)22-36;1-25-3-17-33(22-37(25)57-55-53-42)59(44,45)34-18-20-36(39(23-34)60(46,47)48)52-35-19-16-32(21-38(35)58-56-54-43)50-24-26-4-6-27(7-5-26)40(41)28-8-10-30(11-9-28)51-31-14-12-29(49-2)13-15-31/h3-25,46-47H,26H2,1-2H3,(H,50,51,52);3-23,42-43H,24H2,1-2H3,(H,46,47,48). The molecule has 0 saturated carbocycles. The van der Waals surface area contributed by atoms with Crippen LogP contribution in [0.3, 0.4) is 0 Å². The van der Waals surface area contributed by atoms with E-state index in [1.807, 2.05) is 36.4 Å². The number of hydrogen-bond acceptors (Lipinski definition) is 34. The first-order chi connectivity index (χ1) is 59.5. The zero-order valence-corrected chi connectivity index (χ0v) is 70.9. The van der Waals surface area contributed by atoms with Crippen molar-refractivity contribution < 1.29 is 149 Å². The highest BCUT2D eigenvalue weighted by molar-refractivity contribution is 7.95. The van der Waals surface area contributed by atoms with Gasteiger partial charge in [0, 0.05) is 32.0 Å². The number of aryl methyl sites for hydroxylation is 2. The number of benzene rings is 13. The van der Waals surface area contributed by atoms with E-state index in [1.165, 1.54) is 72.8 Å². The molecule has 0 amide bonds. The van der Waals surface area contributed by atoms with Crippen LogP contribution in [0.25, 0.3) is 10.8 Å². The number of hydrogen-bond donors (Lipinski definition) is 6. The Balaban J connectivity index is 0.000000227. The van der Waals surface area contributed by atoms with Crippen LogP contribution in [-0.4, -0.2) is 89.6 Å². The maximum atomic E-state index is 13.6. The second-order valence-corrected chi connectivity index (χ2v) is 35.4. The van der Waals surface area contributed by atoms with Crippen LogP contribution in [-0.2, 0) is 90.6 Å². The zero-order chi connectivity index (χ0) is 88.3. The molecule has 124 heavy (non-hydrogen) atoms. The summed E-state index contributed by atoms with van der Waals surface area (Å²) in [6.45, 7) is 3.41. The van der Waals surface area contributed by atoms with Crippen molar-refractivity contribution in [2.24, 2.45) is 0 Å². The third kappa shape index (κ3) is 23.7. The molecule has 0 saturated heterocycles. The minimum Gasteiger partial charge on any atom is -0.497 e. The van der Waals surface area contributed by atoms with Gasteiger partial charge < -0.3 is 37.9 Å². The van der Waals surface area contributed by atoms with E-state index in [0.29, 0.717) is 121 Å². The predicted molar refractivity (Wildman–Crippen MR) is 446 cm³/mol. The van der Waals surface area contributed by atoms with Gasteiger partial charge in [-0.1, -0.05) is 92.9 Å². The molecule has 0 unspecified atom stereocenters. The van der Waals surface area contributed by atoms with Gasteiger partial charge in [-0.25, -0.2) is 37.9 Å². The molecule has 13 aromatic carbocycles. The summed E-state index contributed by atoms with van der Waals surface area (Å²) in [5.41, 5.74) is 4.40. The van der Waals surface area contributed by atoms with Crippen molar-refractivity contribution in [1.29, 1.82) is 0 Å². The van der Waals surface area contributed by atoms with Crippen LogP contribution in [0.4, 0.5) is 0 Å². The highest BCUT2D eigenvalue weighted by Crippen LogP contribution is 2.44. The van der Waals surface area contributed by atoms with E-state index in [2.05, 4.69) is 37.5 Å². The van der Waals surface area contributed by atoms with Gasteiger partial charge in [-0.05, 0) is 241 Å². The average Bonchev–Trinajstić information content (AvgIpc) is 0.773. The normalized spacial score (nSPS) is 11.6. The molecule has 0 bridgehead atoms. The summed E-state index contributed by atoms with van der Waals surface area (Å²) in [5, 5.41) is 51.3. The van der Waals surface area contributed by atoms with Gasteiger partial charge in [0.1, 0.15) is 92.0 Å². The SMILES string of the molecule is COc1ccc(Oc2ccc(C(=O)c3ccc(COc4ccc(Oc5ccc(S(=O)(=O)c6ccc(C)c(SOOO)c6)cc5S(=O)(=O)O)c(SOOO)c4)cc3)cc2)cc1.COc1ccc2cc(Oc3ccc(C(=O)c4ccc(COc5ccc(Oc6ccc(S(=O)(=O)c7ccc(C)c(SOOO)c7)cc6S(=O)(=O)O)c(SOOO)c5)cc4)cc3)ccc2c1. The van der Waals surface area contributed by atoms with Crippen LogP contribution >= 0.6 is 48.2 Å². The van der Waals surface area contributed by atoms with Crippen LogP contribution in [0.2, 0.25) is 0 Å². The Morgan fingerprint density at radius 1 is 0.298 bits per heavy atom. The van der Waals surface area contributed by atoms with E-state index in [0.717, 1.165) is 52.9 Å². The molecule has 0 aliphatic rings. The number of ketones is 2. The van der Waals surface area contributed by atoms with Crippen molar-refractivity contribution in [3.05, 3.63) is 311 Å². The molecule has 642 valence electrons. The average molecular weight is 1840 g/mol. The van der Waals surface area contributed by atoms with Gasteiger partial charge in [0.15, 0.2) is 11.6 Å². The van der Waals surface area contributed by atoms with Crippen molar-refractivity contribution in [3.8, 4) is 69.0 Å². The Hall–Kier alpha value is -11.5. The molecule has 0 aromatic heterocycles. The molecule has 13 rings (SSSR count). The van der Waals surface area contributed by atoms with Crippen LogP contribution in [0.5, 0.6) is 69.0 Å². The molecule has 0 aliphatic carbocycles. The summed E-state index contributed by atoms with van der Waals surface area (Å²) in [7, 11) is -15.7. The first-order valence-corrected chi connectivity index (χ1v) is 44.3. The third-order valence-electron chi connectivity index (χ3n) is 17.9. The molecular weight excluding hydrogens is 1780 g/mol. The van der Waals surface area contributed by atoms with E-state index in [4.69, 9.17) is 58.9 Å². The molecule has 0 fully saturated rings. The van der Waals surface area contributed by atoms with Gasteiger partial charge in [0.2, 0.25) is 19.7 Å². The Morgan fingerprint density at radius 3 is 0.968 bits per heavy atom. The lowest BCUT2D eigenvalue weighted by Crippen LogP contribution is -2.07. The molecule has 0 spiro atoms. The second-order valence-electron chi connectivity index (χ2n) is 25.8. The fraction of sp³-hybridized carbons (Fsp3) is 0.0714. The molecule has 32 nitrogen and oxygen atoms in total. The van der Waals surface area contributed by atoms with Crippen molar-refractivity contribution in [3.63, 3.8) is 0 Å². The minimum atomic E-state index is -5.08. The van der Waals surface area contributed by atoms with Crippen LogP contribution in [0, 0.1) is 13.8 Å². The van der Waals surface area contributed by atoms with Crippen molar-refractivity contribution in [2.45, 2.75) is 76.0 Å². The molecule has 40 heteroatoms. The predicted octanol–water partition coefficient (Wildman–Crippen LogP) is 19.8. The summed E-state index contributed by atoms with van der Waals surface area (Å²) in [5.74, 6) is 2.94. The first kappa shape index (κ1) is 91.7. The molecule has 0 atom stereocenters. The van der Waals surface area contributed by atoms with E-state index < -0.39 is 71.0 Å². The highest BCUT2D eigenvalue weighted by atomic mass is 32.2. The first-order valence-electron chi connectivity index (χ1n) is 35.5. The fourth-order valence-corrected chi connectivity index (χ4v) is 17.6. The van der Waals surface area contributed by atoms with Crippen molar-refractivity contribution >= 4 is 110 Å². The van der Waals surface area contributed by atoms with Gasteiger partial charge in [-0.3, -0.25) is 18.7 Å². The Morgan fingerprint density at radius 2 is 0.597 bits per heavy atom. The number of ether oxygens (including phenoxy) is 8. The lowest BCUT2D eigenvalue weighted by molar-refractivity contribution is -0.432. The third-order valence-corrected chi connectivity index (χ3v) is 25.9. The van der Waals surface area contributed by atoms with Crippen LogP contribution < -0.4 is 37.9 Å². The summed E-state index contributed by atoms with van der Waals surface area (Å²) in [6, 6.07) is 67.9. The van der Waals surface area contributed by atoms with Gasteiger partial charge >= 0.3 is 0 Å². The quantitative estimate of drug-likeness (QED) is 0.00688. The summed E-state index contributed by atoms with van der Waals surface area (Å²) < 4.78 is 188. The zero-order valence-electron chi connectivity index (χ0n) is 64.4. The van der Waals surface area contributed by atoms with Gasteiger partial charge in [0.05, 0.1) is 91.8 Å². The largest absolute Gasteiger partial charge is 0.497 e. The maximum absolute atomic E-state index is 13.6. The Kier molecular flexibility index (Phi) is 30.9. The molecular formula is C84H66O32S8. The number of rotatable bonds is 38. The maximum Gasteiger partial charge on any atom is 0.298 e. The number of carbonyl (C=O) groups is 2. The minimum absolute atomic E-state index is 0.0523. The Labute approximate surface area is 724 Å². The fourth-order valence-electron chi connectivity index (χ4n) is 11.6. The summed E-state index contributed by atoms with van der Waals surface area (Å²) in [6.07, 6.45) is 0. The van der Waals surface area contributed by atoms with Crippen molar-refractivity contribution in [1.82, 2.24) is 0 Å². The number of carbonyl (C=O) groups excluding carboxylic acids is 2. The van der Waals surface area contributed by atoms with Crippen LogP contribution in [0.15, 0.2) is 316 Å². The topological polar surface area (TPSA) is 440 Å². The smallest absolute Gasteiger partial charge is 0.298 e. The van der Waals surface area contributed by atoms with E-state index in [-0.39, 0.29) is 77.2 Å². The van der Waals surface area contributed by atoms with Gasteiger partial charge in [0.25, 0.3) is 20.2 Å². The Bertz CT molecular complexity index is 6490. The lowest BCUT2D eigenvalue weighted by Gasteiger charge is -2.15. The van der Waals surface area contributed by atoms with E-state index >= 15 is 0 Å². The molecule has 13 aromatic rings. The van der Waals surface area contributed by atoms with E-state index in [1.54, 1.807) is 149 Å². The molecule has 0 heterocycles. The van der Waals surface area contributed by atoms with Crippen LogP contribution in [0.1, 0.15) is 54.1 Å². The molecule has 0 aliphatic heterocycles. The van der Waals surface area contributed by atoms with Gasteiger partial charge in [-0.2, -0.15) is 16.8 Å². The summed E-state index contributed by atoms with van der Waals surface area (Å²) in [4.78, 5) is 24.0. The number of methoxy groups -OCH3 is 2. The monoisotopic (exact) mass is 1840 g/mol. The van der Waals surface area contributed by atoms with Crippen molar-refractivity contribution in [2.75, 3.05) is 14.2 Å². The second kappa shape index (κ2) is 41.8. The molecule has 0 radical (unpaired) electrons. The highest BCUT2D eigenvalue weighted by Gasteiger charge is 2.29. The number of fused-ring (bicyclic) bond motifs is 1. The molecule has 6 N–H and O–H groups in total. The lowest BCUT2D eigenvalue weighted by atomic mass is 10.0.